The SMILES string of the molecule is Cc1cccc(C)c1C(=O)NCC(O)c1ccccc1F. The van der Waals surface area contributed by atoms with Crippen molar-refractivity contribution in [3.63, 3.8) is 0 Å². The fourth-order valence-corrected chi connectivity index (χ4v) is 2.31. The largest absolute Gasteiger partial charge is 0.386 e. The fraction of sp³-hybridized carbons (Fsp3) is 0.235. The zero-order chi connectivity index (χ0) is 15.4. The van der Waals surface area contributed by atoms with Crippen LogP contribution in [0.5, 0.6) is 0 Å². The van der Waals surface area contributed by atoms with Gasteiger partial charge < -0.3 is 10.4 Å². The second kappa shape index (κ2) is 6.50. The third-order valence-corrected chi connectivity index (χ3v) is 3.43. The van der Waals surface area contributed by atoms with E-state index in [0.29, 0.717) is 5.56 Å². The number of nitrogens with one attached hydrogen (secondary N) is 1. The molecule has 1 unspecified atom stereocenters. The van der Waals surface area contributed by atoms with Crippen molar-refractivity contribution in [1.29, 1.82) is 0 Å². The Labute approximate surface area is 123 Å². The molecule has 0 radical (unpaired) electrons. The Balaban J connectivity index is 2.06. The third-order valence-electron chi connectivity index (χ3n) is 3.43. The molecule has 0 saturated heterocycles. The maximum Gasteiger partial charge on any atom is 0.251 e. The Kier molecular flexibility index (Phi) is 4.70. The summed E-state index contributed by atoms with van der Waals surface area (Å²) in [5, 5.41) is 12.6. The normalized spacial score (nSPS) is 12.0. The van der Waals surface area contributed by atoms with E-state index in [4.69, 9.17) is 0 Å². The summed E-state index contributed by atoms with van der Waals surface area (Å²) in [4.78, 5) is 12.2. The molecule has 1 amide bonds. The molecule has 2 aromatic carbocycles. The fourth-order valence-electron chi connectivity index (χ4n) is 2.31. The van der Waals surface area contributed by atoms with E-state index >= 15 is 0 Å². The Hall–Kier alpha value is -2.20. The van der Waals surface area contributed by atoms with Crippen molar-refractivity contribution in [2.24, 2.45) is 0 Å². The molecule has 3 nitrogen and oxygen atoms in total. The summed E-state index contributed by atoms with van der Waals surface area (Å²) in [7, 11) is 0. The van der Waals surface area contributed by atoms with Crippen LogP contribution in [-0.4, -0.2) is 17.6 Å². The number of hydrogen-bond acceptors (Lipinski definition) is 2. The molecular weight excluding hydrogens is 269 g/mol. The average Bonchev–Trinajstić information content (AvgIpc) is 2.45. The Morgan fingerprint density at radius 1 is 1.14 bits per heavy atom. The number of hydrogen-bond donors (Lipinski definition) is 2. The van der Waals surface area contributed by atoms with Crippen LogP contribution in [0.25, 0.3) is 0 Å². The third kappa shape index (κ3) is 3.47. The maximum atomic E-state index is 13.5. The highest BCUT2D eigenvalue weighted by atomic mass is 19.1. The topological polar surface area (TPSA) is 49.3 Å². The van der Waals surface area contributed by atoms with Gasteiger partial charge in [-0.15, -0.1) is 0 Å². The van der Waals surface area contributed by atoms with E-state index in [1.54, 1.807) is 12.1 Å². The van der Waals surface area contributed by atoms with Gasteiger partial charge in [-0.25, -0.2) is 4.39 Å². The minimum atomic E-state index is -1.07. The number of carbonyl (C=O) groups excluding carboxylic acids is 1. The second-order valence-electron chi connectivity index (χ2n) is 5.01. The average molecular weight is 287 g/mol. The summed E-state index contributed by atoms with van der Waals surface area (Å²) >= 11 is 0. The first kappa shape index (κ1) is 15.2. The highest BCUT2D eigenvalue weighted by molar-refractivity contribution is 5.97. The van der Waals surface area contributed by atoms with Gasteiger partial charge in [-0.2, -0.15) is 0 Å². The van der Waals surface area contributed by atoms with Crippen molar-refractivity contribution in [3.8, 4) is 0 Å². The zero-order valence-corrected chi connectivity index (χ0v) is 12.1. The molecule has 2 N–H and O–H groups in total. The summed E-state index contributed by atoms with van der Waals surface area (Å²) in [5.41, 5.74) is 2.51. The van der Waals surface area contributed by atoms with Crippen LogP contribution in [0.15, 0.2) is 42.5 Å². The van der Waals surface area contributed by atoms with Crippen LogP contribution in [0.1, 0.15) is 33.2 Å². The molecule has 0 aliphatic rings. The second-order valence-corrected chi connectivity index (χ2v) is 5.01. The predicted octanol–water partition coefficient (Wildman–Crippen LogP) is 2.91. The van der Waals surface area contributed by atoms with Gasteiger partial charge in [0.05, 0.1) is 6.10 Å². The molecule has 21 heavy (non-hydrogen) atoms. The monoisotopic (exact) mass is 287 g/mol. The molecule has 0 aliphatic heterocycles. The highest BCUT2D eigenvalue weighted by Gasteiger charge is 2.16. The Morgan fingerprint density at radius 2 is 1.76 bits per heavy atom. The predicted molar refractivity (Wildman–Crippen MR) is 79.6 cm³/mol. The first-order valence-electron chi connectivity index (χ1n) is 6.77. The van der Waals surface area contributed by atoms with Crippen molar-refractivity contribution < 1.29 is 14.3 Å². The lowest BCUT2D eigenvalue weighted by atomic mass is 10.0. The minimum Gasteiger partial charge on any atom is -0.386 e. The number of benzene rings is 2. The molecule has 2 rings (SSSR count). The van der Waals surface area contributed by atoms with Gasteiger partial charge in [0.15, 0.2) is 0 Å². The first-order valence-corrected chi connectivity index (χ1v) is 6.77. The Morgan fingerprint density at radius 3 is 2.38 bits per heavy atom. The highest BCUT2D eigenvalue weighted by Crippen LogP contribution is 2.17. The van der Waals surface area contributed by atoms with Gasteiger partial charge in [0.2, 0.25) is 0 Å². The zero-order valence-electron chi connectivity index (χ0n) is 12.1. The smallest absolute Gasteiger partial charge is 0.251 e. The molecule has 0 aliphatic carbocycles. The molecule has 110 valence electrons. The quantitative estimate of drug-likeness (QED) is 0.908. The van der Waals surface area contributed by atoms with Crippen LogP contribution in [-0.2, 0) is 0 Å². The number of aliphatic hydroxyl groups is 1. The van der Waals surface area contributed by atoms with Gasteiger partial charge in [0.25, 0.3) is 5.91 Å². The lowest BCUT2D eigenvalue weighted by molar-refractivity contribution is 0.0913. The van der Waals surface area contributed by atoms with E-state index < -0.39 is 11.9 Å². The van der Waals surface area contributed by atoms with Crippen LogP contribution < -0.4 is 5.32 Å². The van der Waals surface area contributed by atoms with Crippen molar-refractivity contribution >= 4 is 5.91 Å². The van der Waals surface area contributed by atoms with E-state index in [2.05, 4.69) is 5.32 Å². The minimum absolute atomic E-state index is 0.0342. The number of aryl methyl sites for hydroxylation is 2. The van der Waals surface area contributed by atoms with E-state index in [1.165, 1.54) is 12.1 Å². The van der Waals surface area contributed by atoms with Gasteiger partial charge in [-0.05, 0) is 31.0 Å². The molecule has 0 bridgehead atoms. The molecule has 0 heterocycles. The van der Waals surface area contributed by atoms with E-state index in [0.717, 1.165) is 11.1 Å². The van der Waals surface area contributed by atoms with Gasteiger partial charge >= 0.3 is 0 Å². The van der Waals surface area contributed by atoms with Crippen molar-refractivity contribution in [1.82, 2.24) is 5.32 Å². The number of carbonyl (C=O) groups is 1. The van der Waals surface area contributed by atoms with Gasteiger partial charge in [-0.3, -0.25) is 4.79 Å². The molecule has 1 atom stereocenters. The van der Waals surface area contributed by atoms with E-state index in [1.807, 2.05) is 32.0 Å². The molecule has 2 aromatic rings. The summed E-state index contributed by atoms with van der Waals surface area (Å²) in [6.07, 6.45) is -1.07. The molecule has 0 aromatic heterocycles. The number of halogens is 1. The van der Waals surface area contributed by atoms with Crippen molar-refractivity contribution in [3.05, 3.63) is 70.5 Å². The van der Waals surface area contributed by atoms with Gasteiger partial charge in [-0.1, -0.05) is 36.4 Å². The summed E-state index contributed by atoms with van der Waals surface area (Å²) in [6.45, 7) is 3.68. The number of rotatable bonds is 4. The number of amides is 1. The lowest BCUT2D eigenvalue weighted by Crippen LogP contribution is -2.29. The molecule has 0 fully saturated rings. The van der Waals surface area contributed by atoms with Crippen molar-refractivity contribution in [2.75, 3.05) is 6.54 Å². The van der Waals surface area contributed by atoms with Crippen LogP contribution >= 0.6 is 0 Å². The first-order chi connectivity index (χ1) is 10.0. The van der Waals surface area contributed by atoms with E-state index in [-0.39, 0.29) is 18.0 Å². The molecular formula is C17H18FNO2. The summed E-state index contributed by atoms with van der Waals surface area (Å²) in [6, 6.07) is 11.6. The van der Waals surface area contributed by atoms with Crippen LogP contribution in [0.4, 0.5) is 4.39 Å². The van der Waals surface area contributed by atoms with Crippen molar-refractivity contribution in [2.45, 2.75) is 20.0 Å². The van der Waals surface area contributed by atoms with Gasteiger partial charge in [0.1, 0.15) is 5.82 Å². The molecule has 0 spiro atoms. The van der Waals surface area contributed by atoms with Crippen LogP contribution in [0.3, 0.4) is 0 Å². The summed E-state index contributed by atoms with van der Waals surface area (Å²) < 4.78 is 13.5. The van der Waals surface area contributed by atoms with Gasteiger partial charge in [0, 0.05) is 17.7 Å². The van der Waals surface area contributed by atoms with Crippen LogP contribution in [0, 0.1) is 19.7 Å². The molecule has 4 heteroatoms. The van der Waals surface area contributed by atoms with Crippen LogP contribution in [0.2, 0.25) is 0 Å². The number of aliphatic hydroxyl groups excluding tert-OH is 1. The summed E-state index contributed by atoms with van der Waals surface area (Å²) in [5.74, 6) is -0.743. The Bertz CT molecular complexity index is 635. The van der Waals surface area contributed by atoms with E-state index in [9.17, 15) is 14.3 Å². The maximum absolute atomic E-state index is 13.5. The molecule has 0 saturated carbocycles. The lowest BCUT2D eigenvalue weighted by Gasteiger charge is -2.14. The standard InChI is InChI=1S/C17H18FNO2/c1-11-6-5-7-12(2)16(11)17(21)19-10-15(20)13-8-3-4-9-14(13)18/h3-9,15,20H,10H2,1-2H3,(H,19,21).